The van der Waals surface area contributed by atoms with Gasteiger partial charge in [-0.15, -0.1) is 0 Å². The number of H-pyrrole nitrogens is 1. The summed E-state index contributed by atoms with van der Waals surface area (Å²) in [7, 11) is 1.24. The molecule has 0 unspecified atom stereocenters. The zero-order valence-corrected chi connectivity index (χ0v) is 7.81. The van der Waals surface area contributed by atoms with Gasteiger partial charge in [0.25, 0.3) is 0 Å². The number of nitrogens with zero attached hydrogens (tertiary/aromatic N) is 3. The summed E-state index contributed by atoms with van der Waals surface area (Å²) in [6, 6.07) is 0. The summed E-state index contributed by atoms with van der Waals surface area (Å²) in [4.78, 5) is 25.3. The molecular formula is C7H8N6O2. The molecule has 0 radical (unpaired) electrons. The topological polar surface area (TPSA) is 119 Å². The molecule has 2 aromatic rings. The number of hydrogen-bond donors (Lipinski definition) is 3. The van der Waals surface area contributed by atoms with Crippen molar-refractivity contribution in [2.24, 2.45) is 0 Å². The summed E-state index contributed by atoms with van der Waals surface area (Å²) in [6.45, 7) is 0. The van der Waals surface area contributed by atoms with Crippen molar-refractivity contribution in [1.29, 1.82) is 0 Å². The number of carbonyl (C=O) groups is 1. The number of nitrogens with one attached hydrogen (secondary N) is 2. The molecule has 0 aliphatic carbocycles. The van der Waals surface area contributed by atoms with Gasteiger partial charge in [0, 0.05) is 0 Å². The fraction of sp³-hybridized carbons (Fsp3) is 0.143. The Morgan fingerprint density at radius 1 is 1.60 bits per heavy atom. The summed E-state index contributed by atoms with van der Waals surface area (Å²) >= 11 is 0. The Morgan fingerprint density at radius 2 is 2.40 bits per heavy atom. The third kappa shape index (κ3) is 1.64. The molecule has 0 aromatic carbocycles. The van der Waals surface area contributed by atoms with Gasteiger partial charge in [0.1, 0.15) is 5.52 Å². The Kier molecular flexibility index (Phi) is 2.08. The minimum absolute atomic E-state index is 0.0546. The normalized spacial score (nSPS) is 10.2. The average molecular weight is 208 g/mol. The standard InChI is InChI=1S/C7H8N6O2/c1-15-7(14)13-6-11-4(8)3-5(12-6)10-2-9-3/h2H,1H3,(H4,8,9,10,11,12,13,14). The van der Waals surface area contributed by atoms with E-state index in [1.165, 1.54) is 13.4 Å². The van der Waals surface area contributed by atoms with Gasteiger partial charge in [-0.1, -0.05) is 0 Å². The van der Waals surface area contributed by atoms with E-state index in [1.54, 1.807) is 0 Å². The lowest BCUT2D eigenvalue weighted by Crippen LogP contribution is -2.14. The Hall–Kier alpha value is -2.38. The van der Waals surface area contributed by atoms with Gasteiger partial charge in [-0.2, -0.15) is 9.97 Å². The summed E-state index contributed by atoms with van der Waals surface area (Å²) < 4.78 is 4.39. The molecular weight excluding hydrogens is 200 g/mol. The predicted molar refractivity (Wildman–Crippen MR) is 52.1 cm³/mol. The second kappa shape index (κ2) is 3.40. The lowest BCUT2D eigenvalue weighted by molar-refractivity contribution is 0.186. The zero-order chi connectivity index (χ0) is 10.8. The van der Waals surface area contributed by atoms with Gasteiger partial charge in [-0.25, -0.2) is 9.78 Å². The first-order valence-corrected chi connectivity index (χ1v) is 4.02. The van der Waals surface area contributed by atoms with E-state index in [-0.39, 0.29) is 11.8 Å². The van der Waals surface area contributed by atoms with Crippen LogP contribution in [0.15, 0.2) is 6.33 Å². The Labute approximate surface area is 83.9 Å². The van der Waals surface area contributed by atoms with Crippen LogP contribution in [0.1, 0.15) is 0 Å². The molecule has 2 heterocycles. The first-order chi connectivity index (χ1) is 7.20. The highest BCUT2D eigenvalue weighted by molar-refractivity contribution is 5.86. The van der Waals surface area contributed by atoms with Gasteiger partial charge in [0.05, 0.1) is 13.4 Å². The van der Waals surface area contributed by atoms with Gasteiger partial charge in [0.15, 0.2) is 11.5 Å². The van der Waals surface area contributed by atoms with Crippen LogP contribution in [0.2, 0.25) is 0 Å². The van der Waals surface area contributed by atoms with Crippen LogP contribution in [0.4, 0.5) is 16.6 Å². The zero-order valence-electron chi connectivity index (χ0n) is 7.81. The van der Waals surface area contributed by atoms with Crippen LogP contribution in [0.25, 0.3) is 11.2 Å². The molecule has 2 rings (SSSR count). The molecule has 4 N–H and O–H groups in total. The Balaban J connectivity index is 2.40. The molecule has 0 saturated carbocycles. The van der Waals surface area contributed by atoms with Crippen LogP contribution in [-0.4, -0.2) is 33.1 Å². The first-order valence-electron chi connectivity index (χ1n) is 4.02. The number of aromatic nitrogens is 4. The molecule has 0 bridgehead atoms. The van der Waals surface area contributed by atoms with Crippen molar-refractivity contribution in [2.75, 3.05) is 18.2 Å². The van der Waals surface area contributed by atoms with Crippen molar-refractivity contribution in [1.82, 2.24) is 19.9 Å². The van der Waals surface area contributed by atoms with Crippen LogP contribution in [0, 0.1) is 0 Å². The molecule has 1 amide bonds. The molecule has 78 valence electrons. The summed E-state index contributed by atoms with van der Waals surface area (Å²) in [5.41, 5.74) is 6.52. The smallest absolute Gasteiger partial charge is 0.413 e. The minimum atomic E-state index is -0.663. The maximum Gasteiger partial charge on any atom is 0.413 e. The van der Waals surface area contributed by atoms with Crippen molar-refractivity contribution >= 4 is 29.0 Å². The lowest BCUT2D eigenvalue weighted by Gasteiger charge is -2.02. The van der Waals surface area contributed by atoms with Gasteiger partial charge in [-0.05, 0) is 0 Å². The molecule has 0 aliphatic heterocycles. The summed E-state index contributed by atoms with van der Waals surface area (Å²) in [5.74, 6) is 0.267. The number of rotatable bonds is 1. The number of nitrogen functional groups attached to an aromatic ring is 1. The maximum atomic E-state index is 10.9. The molecule has 0 aliphatic rings. The molecule has 8 heteroatoms. The highest BCUT2D eigenvalue weighted by Gasteiger charge is 2.09. The van der Waals surface area contributed by atoms with Gasteiger partial charge >= 0.3 is 6.09 Å². The number of methoxy groups -OCH3 is 1. The molecule has 0 spiro atoms. The van der Waals surface area contributed by atoms with Crippen molar-refractivity contribution in [3.63, 3.8) is 0 Å². The quantitative estimate of drug-likeness (QED) is 0.612. The molecule has 0 fully saturated rings. The predicted octanol–water partition coefficient (Wildman–Crippen LogP) is 0.113. The summed E-state index contributed by atoms with van der Waals surface area (Å²) in [6.07, 6.45) is 0.779. The third-order valence-electron chi connectivity index (χ3n) is 1.71. The van der Waals surface area contributed by atoms with Crippen LogP contribution in [-0.2, 0) is 4.74 Å². The number of anilines is 2. The number of imidazole rings is 1. The van der Waals surface area contributed by atoms with Crippen LogP contribution in [0.3, 0.4) is 0 Å². The van der Waals surface area contributed by atoms with E-state index in [0.717, 1.165) is 0 Å². The second-order valence-corrected chi connectivity index (χ2v) is 2.65. The van der Waals surface area contributed by atoms with Crippen LogP contribution < -0.4 is 11.1 Å². The van der Waals surface area contributed by atoms with Gasteiger partial charge in [-0.3, -0.25) is 5.32 Å². The van der Waals surface area contributed by atoms with Crippen molar-refractivity contribution in [3.05, 3.63) is 6.33 Å². The Morgan fingerprint density at radius 3 is 3.13 bits per heavy atom. The highest BCUT2D eigenvalue weighted by Crippen LogP contribution is 2.14. The number of ether oxygens (including phenoxy) is 1. The van der Waals surface area contributed by atoms with Crippen LogP contribution in [0.5, 0.6) is 0 Å². The number of aromatic amines is 1. The van der Waals surface area contributed by atoms with E-state index >= 15 is 0 Å². The summed E-state index contributed by atoms with van der Waals surface area (Å²) in [5, 5.41) is 2.30. The van der Waals surface area contributed by atoms with E-state index in [9.17, 15) is 4.79 Å². The Bertz CT molecular complexity index is 507. The second-order valence-electron chi connectivity index (χ2n) is 2.65. The fourth-order valence-corrected chi connectivity index (χ4v) is 1.05. The number of fused-ring (bicyclic) bond motifs is 1. The molecule has 0 saturated heterocycles. The number of nitrogens with two attached hydrogens (primary N) is 1. The van der Waals surface area contributed by atoms with E-state index in [0.29, 0.717) is 11.2 Å². The fourth-order valence-electron chi connectivity index (χ4n) is 1.05. The van der Waals surface area contributed by atoms with Gasteiger partial charge in [0.2, 0.25) is 5.95 Å². The van der Waals surface area contributed by atoms with Crippen molar-refractivity contribution in [3.8, 4) is 0 Å². The SMILES string of the molecule is COC(=O)Nc1nc(N)c2[nH]cnc2n1. The van der Waals surface area contributed by atoms with Gasteiger partial charge < -0.3 is 15.5 Å². The van der Waals surface area contributed by atoms with E-state index in [4.69, 9.17) is 5.73 Å². The third-order valence-corrected chi connectivity index (χ3v) is 1.71. The monoisotopic (exact) mass is 208 g/mol. The van der Waals surface area contributed by atoms with Crippen molar-refractivity contribution < 1.29 is 9.53 Å². The molecule has 0 atom stereocenters. The largest absolute Gasteiger partial charge is 0.453 e. The number of hydrogen-bond acceptors (Lipinski definition) is 6. The van der Waals surface area contributed by atoms with E-state index in [1.807, 2.05) is 0 Å². The van der Waals surface area contributed by atoms with E-state index < -0.39 is 6.09 Å². The number of amides is 1. The van der Waals surface area contributed by atoms with Crippen molar-refractivity contribution in [2.45, 2.75) is 0 Å². The van der Waals surface area contributed by atoms with Crippen LogP contribution >= 0.6 is 0 Å². The molecule has 2 aromatic heterocycles. The highest BCUT2D eigenvalue weighted by atomic mass is 16.5. The first kappa shape index (κ1) is 9.19. The van der Waals surface area contributed by atoms with E-state index in [2.05, 4.69) is 30.0 Å². The maximum absolute atomic E-state index is 10.9. The average Bonchev–Trinajstić information content (AvgIpc) is 2.66. The number of carbonyl (C=O) groups excluding carboxylic acids is 1. The molecule has 15 heavy (non-hydrogen) atoms. The molecule has 8 nitrogen and oxygen atoms in total. The lowest BCUT2D eigenvalue weighted by atomic mass is 10.5. The minimum Gasteiger partial charge on any atom is -0.453 e.